The third-order valence-electron chi connectivity index (χ3n) is 9.07. The van der Waals surface area contributed by atoms with Gasteiger partial charge < -0.3 is 14.6 Å². The minimum atomic E-state index is -0.830. The van der Waals surface area contributed by atoms with E-state index in [2.05, 4.69) is 23.1 Å². The Balaban J connectivity index is 3.62. The number of carbonyl (C=O) groups excluding carboxylic acids is 2. The van der Waals surface area contributed by atoms with Crippen molar-refractivity contribution >= 4 is 21.2 Å². The summed E-state index contributed by atoms with van der Waals surface area (Å²) in [6.45, 7) is 4.18. The number of esters is 2. The van der Waals surface area contributed by atoms with Crippen molar-refractivity contribution in [1.82, 2.24) is 0 Å². The first-order chi connectivity index (χ1) is 22.0. The Morgan fingerprint density at radius 2 is 0.689 bits per heavy atom. The maximum Gasteiger partial charge on any atom is 0.306 e. The molecule has 0 saturated carbocycles. The van der Waals surface area contributed by atoms with Gasteiger partial charge in [0.25, 0.3) is 0 Å². The average Bonchev–Trinajstić information content (AvgIpc) is 3.03. The molecule has 0 spiro atoms. The van der Waals surface area contributed by atoms with E-state index in [4.69, 9.17) is 9.47 Å². The van der Waals surface area contributed by atoms with Crippen LogP contribution >= 0.6 is 9.24 Å². The zero-order valence-electron chi connectivity index (χ0n) is 30.1. The molecule has 6 heteroatoms. The minimum Gasteiger partial charge on any atom is -0.456 e. The highest BCUT2D eigenvalue weighted by Gasteiger charge is 2.24. The molecule has 268 valence electrons. The molecule has 0 aliphatic carbocycles. The van der Waals surface area contributed by atoms with E-state index in [0.29, 0.717) is 12.8 Å². The molecule has 0 aliphatic heterocycles. The van der Waals surface area contributed by atoms with Crippen LogP contribution in [0.5, 0.6) is 0 Å². The minimum absolute atomic E-state index is 0.290. The lowest BCUT2D eigenvalue weighted by atomic mass is 10.0. The molecule has 3 unspecified atom stereocenters. The number of aliphatic hydroxyl groups is 1. The fourth-order valence-electron chi connectivity index (χ4n) is 6.00. The summed E-state index contributed by atoms with van der Waals surface area (Å²) in [5.41, 5.74) is 0. The highest BCUT2D eigenvalue weighted by atomic mass is 31.0. The highest BCUT2D eigenvalue weighted by Crippen LogP contribution is 2.18. The molecule has 1 N–H and O–H groups in total. The van der Waals surface area contributed by atoms with Crippen LogP contribution in [-0.2, 0) is 19.1 Å². The van der Waals surface area contributed by atoms with Crippen LogP contribution in [0.25, 0.3) is 0 Å². The Bertz CT molecular complexity index is 629. The molecule has 0 aromatic rings. The molecular weight excluding hydrogens is 579 g/mol. The summed E-state index contributed by atoms with van der Waals surface area (Å²) in [7, 11) is 2.41. The van der Waals surface area contributed by atoms with Gasteiger partial charge >= 0.3 is 11.9 Å². The Morgan fingerprint density at radius 3 is 0.956 bits per heavy atom. The number of hydrogen-bond donors (Lipinski definition) is 1. The van der Waals surface area contributed by atoms with Gasteiger partial charge in [-0.15, -0.1) is 0 Å². The van der Waals surface area contributed by atoms with Crippen molar-refractivity contribution in [3.63, 3.8) is 0 Å². The molecule has 0 rings (SSSR count). The predicted molar refractivity (Wildman–Crippen MR) is 196 cm³/mol. The Kier molecular flexibility index (Phi) is 35.6. The van der Waals surface area contributed by atoms with Crippen LogP contribution in [0.2, 0.25) is 0 Å². The van der Waals surface area contributed by atoms with E-state index in [-0.39, 0.29) is 18.5 Å². The van der Waals surface area contributed by atoms with Gasteiger partial charge in [0.2, 0.25) is 0 Å². The van der Waals surface area contributed by atoms with Gasteiger partial charge in [0.1, 0.15) is 0 Å². The van der Waals surface area contributed by atoms with E-state index in [0.717, 1.165) is 38.5 Å². The molecule has 3 atom stereocenters. The van der Waals surface area contributed by atoms with Gasteiger partial charge in [-0.3, -0.25) is 9.59 Å². The second-order valence-corrected chi connectivity index (χ2v) is 14.2. The van der Waals surface area contributed by atoms with Gasteiger partial charge in [-0.25, -0.2) is 0 Å². The smallest absolute Gasteiger partial charge is 0.306 e. The SMILES string of the molecule is CCCCCCCCCCCCCCCCCC(=O)OC(P)C(CO)OC(=O)CCCCCCCCCCCCCCCCC. The van der Waals surface area contributed by atoms with Crippen LogP contribution < -0.4 is 0 Å². The van der Waals surface area contributed by atoms with E-state index >= 15 is 0 Å². The standard InChI is InChI=1S/C39H77O5P/c1-3-5-7-9-11-13-15-17-19-21-23-25-27-29-31-33-37(41)43-36(35-40)39(45)44-38(42)34-32-30-28-26-24-22-20-18-16-14-12-10-8-6-4-2/h36,39-40H,3-35,45H2,1-2H3. The molecule has 0 amide bonds. The number of hydrogen-bond acceptors (Lipinski definition) is 5. The zero-order valence-corrected chi connectivity index (χ0v) is 31.3. The molecule has 0 bridgehead atoms. The molecule has 0 heterocycles. The van der Waals surface area contributed by atoms with Gasteiger partial charge in [0.15, 0.2) is 11.9 Å². The quantitative estimate of drug-likeness (QED) is 0.0413. The van der Waals surface area contributed by atoms with Gasteiger partial charge in [-0.05, 0) is 12.8 Å². The van der Waals surface area contributed by atoms with Crippen LogP contribution in [0.1, 0.15) is 219 Å². The van der Waals surface area contributed by atoms with E-state index in [1.807, 2.05) is 0 Å². The molecule has 0 aromatic heterocycles. The molecule has 0 saturated heterocycles. The van der Waals surface area contributed by atoms with E-state index in [1.165, 1.54) is 154 Å². The number of carbonyl (C=O) groups is 2. The van der Waals surface area contributed by atoms with Crippen LogP contribution in [-0.4, -0.2) is 35.6 Å². The topological polar surface area (TPSA) is 72.8 Å². The first-order valence-corrected chi connectivity index (χ1v) is 20.5. The van der Waals surface area contributed by atoms with Crippen molar-refractivity contribution in [2.75, 3.05) is 6.61 Å². The summed E-state index contributed by atoms with van der Waals surface area (Å²) >= 11 is 0. The summed E-state index contributed by atoms with van der Waals surface area (Å²) in [4.78, 5) is 24.5. The Hall–Kier alpha value is -0.670. The summed E-state index contributed by atoms with van der Waals surface area (Å²) in [6, 6.07) is 0. The van der Waals surface area contributed by atoms with Crippen molar-refractivity contribution in [1.29, 1.82) is 0 Å². The highest BCUT2D eigenvalue weighted by molar-refractivity contribution is 7.17. The zero-order chi connectivity index (χ0) is 33.1. The first kappa shape index (κ1) is 44.3. The third-order valence-corrected chi connectivity index (χ3v) is 9.63. The number of unbranched alkanes of at least 4 members (excludes halogenated alkanes) is 28. The molecule has 45 heavy (non-hydrogen) atoms. The lowest BCUT2D eigenvalue weighted by molar-refractivity contribution is -0.164. The Labute approximate surface area is 282 Å². The number of aliphatic hydroxyl groups excluding tert-OH is 1. The maximum absolute atomic E-state index is 12.3. The van der Waals surface area contributed by atoms with Crippen LogP contribution in [0, 0.1) is 0 Å². The van der Waals surface area contributed by atoms with Crippen molar-refractivity contribution in [2.24, 2.45) is 0 Å². The average molecular weight is 657 g/mol. The second kappa shape index (κ2) is 36.2. The van der Waals surface area contributed by atoms with Crippen molar-refractivity contribution in [3.05, 3.63) is 0 Å². The molecule has 0 radical (unpaired) electrons. The Morgan fingerprint density at radius 1 is 0.444 bits per heavy atom. The van der Waals surface area contributed by atoms with Gasteiger partial charge in [-0.1, -0.05) is 203 Å². The number of ether oxygens (including phenoxy) is 2. The summed E-state index contributed by atoms with van der Waals surface area (Å²) < 4.78 is 10.9. The van der Waals surface area contributed by atoms with Crippen molar-refractivity contribution in [2.45, 2.75) is 231 Å². The normalized spacial score (nSPS) is 12.7. The molecule has 0 fully saturated rings. The largest absolute Gasteiger partial charge is 0.456 e. The molecule has 0 aromatic carbocycles. The summed E-state index contributed by atoms with van der Waals surface area (Å²) in [5, 5.41) is 9.70. The fourth-order valence-corrected chi connectivity index (χ4v) is 6.36. The van der Waals surface area contributed by atoms with E-state index in [1.54, 1.807) is 0 Å². The van der Waals surface area contributed by atoms with Gasteiger partial charge in [-0.2, -0.15) is 0 Å². The fraction of sp³-hybridized carbons (Fsp3) is 0.949. The third kappa shape index (κ3) is 33.0. The predicted octanol–water partition coefficient (Wildman–Crippen LogP) is 12.2. The second-order valence-electron chi connectivity index (χ2n) is 13.6. The van der Waals surface area contributed by atoms with E-state index < -0.39 is 11.9 Å². The first-order valence-electron chi connectivity index (χ1n) is 19.8. The lowest BCUT2D eigenvalue weighted by Crippen LogP contribution is -2.34. The van der Waals surface area contributed by atoms with Gasteiger partial charge in [0, 0.05) is 12.8 Å². The molecular formula is C39H77O5P. The van der Waals surface area contributed by atoms with Crippen molar-refractivity contribution in [3.8, 4) is 0 Å². The van der Waals surface area contributed by atoms with Crippen molar-refractivity contribution < 1.29 is 24.2 Å². The van der Waals surface area contributed by atoms with Gasteiger partial charge in [0.05, 0.1) is 6.61 Å². The maximum atomic E-state index is 12.3. The lowest BCUT2D eigenvalue weighted by Gasteiger charge is -2.22. The van der Waals surface area contributed by atoms with Crippen LogP contribution in [0.15, 0.2) is 0 Å². The summed E-state index contributed by atoms with van der Waals surface area (Å²) in [5.74, 6) is -1.33. The monoisotopic (exact) mass is 657 g/mol. The molecule has 5 nitrogen and oxygen atoms in total. The number of rotatable bonds is 36. The van der Waals surface area contributed by atoms with Crippen LogP contribution in [0.3, 0.4) is 0 Å². The van der Waals surface area contributed by atoms with Crippen LogP contribution in [0.4, 0.5) is 0 Å². The summed E-state index contributed by atoms with van der Waals surface area (Å²) in [6.07, 6.45) is 38.5. The molecule has 0 aliphatic rings. The van der Waals surface area contributed by atoms with E-state index in [9.17, 15) is 14.7 Å².